The van der Waals surface area contributed by atoms with Crippen LogP contribution in [0.3, 0.4) is 0 Å². The van der Waals surface area contributed by atoms with Gasteiger partial charge in [0.15, 0.2) is 0 Å². The molecule has 18 heavy (non-hydrogen) atoms. The van der Waals surface area contributed by atoms with Gasteiger partial charge in [-0.25, -0.2) is 0 Å². The molecule has 0 bridgehead atoms. The third-order valence-electron chi connectivity index (χ3n) is 4.16. The molecular weight excluding hydrogens is 250 g/mol. The number of alkyl halides is 1. The van der Waals surface area contributed by atoms with Gasteiger partial charge in [0, 0.05) is 25.4 Å². The van der Waals surface area contributed by atoms with E-state index in [4.69, 9.17) is 16.3 Å². The Morgan fingerprint density at radius 1 is 1.17 bits per heavy atom. The van der Waals surface area contributed by atoms with Crippen molar-refractivity contribution in [1.82, 2.24) is 4.90 Å². The summed E-state index contributed by atoms with van der Waals surface area (Å²) in [5.74, 6) is 1.57. The molecule has 1 aliphatic carbocycles. The number of carbonyl (C=O) groups is 1. The smallest absolute Gasteiger partial charge is 0.222 e. The Bertz CT molecular complexity index is 259. The lowest BCUT2D eigenvalue weighted by molar-refractivity contribution is -0.134. The lowest BCUT2D eigenvalue weighted by Gasteiger charge is -2.32. The van der Waals surface area contributed by atoms with Gasteiger partial charge in [-0.1, -0.05) is 12.8 Å². The van der Waals surface area contributed by atoms with E-state index in [1.165, 1.54) is 25.7 Å². The van der Waals surface area contributed by atoms with Gasteiger partial charge in [-0.2, -0.15) is 0 Å². The molecule has 0 spiro atoms. The molecule has 3 nitrogen and oxygen atoms in total. The molecule has 1 aliphatic heterocycles. The second-order valence-corrected chi connectivity index (χ2v) is 5.87. The van der Waals surface area contributed by atoms with E-state index in [0.717, 1.165) is 32.4 Å². The molecule has 0 atom stereocenters. The van der Waals surface area contributed by atoms with Crippen LogP contribution in [0.5, 0.6) is 0 Å². The predicted octanol–water partition coefficient (Wildman–Crippen LogP) is 2.81. The van der Waals surface area contributed by atoms with Gasteiger partial charge in [0.25, 0.3) is 0 Å². The fraction of sp³-hybridized carbons (Fsp3) is 0.929. The van der Waals surface area contributed by atoms with Gasteiger partial charge >= 0.3 is 0 Å². The van der Waals surface area contributed by atoms with Crippen LogP contribution in [-0.2, 0) is 9.53 Å². The second kappa shape index (κ2) is 7.34. The van der Waals surface area contributed by atoms with Crippen molar-refractivity contribution in [3.63, 3.8) is 0 Å². The molecule has 2 fully saturated rings. The zero-order valence-electron chi connectivity index (χ0n) is 11.1. The largest absolute Gasteiger partial charge is 0.377 e. The third-order valence-corrected chi connectivity index (χ3v) is 4.32. The van der Waals surface area contributed by atoms with Crippen molar-refractivity contribution in [3.8, 4) is 0 Å². The summed E-state index contributed by atoms with van der Waals surface area (Å²) in [6.07, 6.45) is 8.13. The highest BCUT2D eigenvalue weighted by molar-refractivity contribution is 6.17. The first-order valence-electron chi connectivity index (χ1n) is 7.25. The topological polar surface area (TPSA) is 29.5 Å². The molecule has 1 amide bonds. The van der Waals surface area contributed by atoms with Crippen molar-refractivity contribution in [2.45, 2.75) is 51.0 Å². The number of ether oxygens (including phenoxy) is 1. The monoisotopic (exact) mass is 273 g/mol. The fourth-order valence-electron chi connectivity index (χ4n) is 3.07. The first kappa shape index (κ1) is 14.1. The van der Waals surface area contributed by atoms with Crippen LogP contribution in [0.25, 0.3) is 0 Å². The molecule has 0 aromatic rings. The summed E-state index contributed by atoms with van der Waals surface area (Å²) in [4.78, 5) is 14.2. The number of piperidine rings is 1. The van der Waals surface area contributed by atoms with E-state index in [1.54, 1.807) is 0 Å². The molecule has 0 radical (unpaired) electrons. The summed E-state index contributed by atoms with van der Waals surface area (Å²) in [6.45, 7) is 2.35. The Labute approximate surface area is 115 Å². The standard InChI is InChI=1S/C14H24ClNO2/c15-7-10-18-13-5-8-16(9-6-13)14(17)11-12-3-1-2-4-12/h12-13H,1-11H2. The quantitative estimate of drug-likeness (QED) is 0.721. The van der Waals surface area contributed by atoms with Gasteiger partial charge in [-0.05, 0) is 31.6 Å². The highest BCUT2D eigenvalue weighted by atomic mass is 35.5. The molecule has 0 aromatic heterocycles. The molecule has 2 aliphatic rings. The minimum Gasteiger partial charge on any atom is -0.377 e. The Morgan fingerprint density at radius 2 is 1.83 bits per heavy atom. The van der Waals surface area contributed by atoms with Gasteiger partial charge in [0.1, 0.15) is 0 Å². The number of hydrogen-bond donors (Lipinski definition) is 0. The van der Waals surface area contributed by atoms with Crippen LogP contribution in [-0.4, -0.2) is 42.5 Å². The first-order chi connectivity index (χ1) is 8.79. The van der Waals surface area contributed by atoms with Crippen LogP contribution in [0, 0.1) is 5.92 Å². The molecule has 1 saturated heterocycles. The average molecular weight is 274 g/mol. The predicted molar refractivity (Wildman–Crippen MR) is 72.8 cm³/mol. The fourth-order valence-corrected chi connectivity index (χ4v) is 3.16. The summed E-state index contributed by atoms with van der Waals surface area (Å²) in [5.41, 5.74) is 0. The second-order valence-electron chi connectivity index (χ2n) is 5.49. The number of likely N-dealkylation sites (tertiary alicyclic amines) is 1. The highest BCUT2D eigenvalue weighted by Gasteiger charge is 2.26. The zero-order chi connectivity index (χ0) is 12.8. The molecule has 0 aromatic carbocycles. The molecule has 1 saturated carbocycles. The van der Waals surface area contributed by atoms with Crippen molar-refractivity contribution >= 4 is 17.5 Å². The average Bonchev–Trinajstić information content (AvgIpc) is 2.89. The summed E-state index contributed by atoms with van der Waals surface area (Å²) < 4.78 is 5.62. The van der Waals surface area contributed by atoms with Crippen molar-refractivity contribution in [1.29, 1.82) is 0 Å². The number of carbonyl (C=O) groups excluding carboxylic acids is 1. The Balaban J connectivity index is 1.66. The first-order valence-corrected chi connectivity index (χ1v) is 7.78. The van der Waals surface area contributed by atoms with Gasteiger partial charge in [0.05, 0.1) is 12.7 Å². The summed E-state index contributed by atoms with van der Waals surface area (Å²) in [5, 5.41) is 0. The Kier molecular flexibility index (Phi) is 5.77. The van der Waals surface area contributed by atoms with Gasteiger partial charge in [0.2, 0.25) is 5.91 Å². The maximum absolute atomic E-state index is 12.1. The van der Waals surface area contributed by atoms with E-state index in [9.17, 15) is 4.79 Å². The number of rotatable bonds is 5. The summed E-state index contributed by atoms with van der Waals surface area (Å²) in [6, 6.07) is 0. The SMILES string of the molecule is O=C(CC1CCCC1)N1CCC(OCCCl)CC1. The molecule has 2 rings (SSSR count). The van der Waals surface area contributed by atoms with E-state index in [0.29, 0.717) is 30.4 Å². The lowest BCUT2D eigenvalue weighted by Crippen LogP contribution is -2.41. The number of halogens is 1. The van der Waals surface area contributed by atoms with E-state index < -0.39 is 0 Å². The number of hydrogen-bond acceptors (Lipinski definition) is 2. The number of amides is 1. The molecule has 104 valence electrons. The van der Waals surface area contributed by atoms with Crippen LogP contribution in [0.15, 0.2) is 0 Å². The van der Waals surface area contributed by atoms with Crippen LogP contribution in [0.4, 0.5) is 0 Å². The normalized spacial score (nSPS) is 22.6. The Morgan fingerprint density at radius 3 is 2.44 bits per heavy atom. The maximum Gasteiger partial charge on any atom is 0.222 e. The molecule has 0 N–H and O–H groups in total. The van der Waals surface area contributed by atoms with Gasteiger partial charge in [-0.3, -0.25) is 4.79 Å². The van der Waals surface area contributed by atoms with Crippen molar-refractivity contribution in [2.24, 2.45) is 5.92 Å². The van der Waals surface area contributed by atoms with E-state index >= 15 is 0 Å². The van der Waals surface area contributed by atoms with Crippen molar-refractivity contribution in [3.05, 3.63) is 0 Å². The summed E-state index contributed by atoms with van der Waals surface area (Å²) >= 11 is 5.61. The molecule has 0 unspecified atom stereocenters. The van der Waals surface area contributed by atoms with Gasteiger partial charge in [-0.15, -0.1) is 11.6 Å². The zero-order valence-corrected chi connectivity index (χ0v) is 11.8. The highest BCUT2D eigenvalue weighted by Crippen LogP contribution is 2.28. The van der Waals surface area contributed by atoms with Crippen LogP contribution < -0.4 is 0 Å². The van der Waals surface area contributed by atoms with E-state index in [1.807, 2.05) is 4.90 Å². The number of nitrogens with zero attached hydrogens (tertiary/aromatic N) is 1. The summed E-state index contributed by atoms with van der Waals surface area (Å²) in [7, 11) is 0. The molecule has 4 heteroatoms. The molecular formula is C14H24ClNO2. The maximum atomic E-state index is 12.1. The van der Waals surface area contributed by atoms with Crippen LogP contribution in [0.1, 0.15) is 44.9 Å². The Hall–Kier alpha value is -0.280. The lowest BCUT2D eigenvalue weighted by atomic mass is 10.0. The van der Waals surface area contributed by atoms with Crippen LogP contribution in [0.2, 0.25) is 0 Å². The van der Waals surface area contributed by atoms with Gasteiger partial charge < -0.3 is 9.64 Å². The van der Waals surface area contributed by atoms with E-state index in [-0.39, 0.29) is 0 Å². The van der Waals surface area contributed by atoms with Crippen molar-refractivity contribution in [2.75, 3.05) is 25.6 Å². The minimum atomic E-state index is 0.305. The third kappa shape index (κ3) is 4.13. The van der Waals surface area contributed by atoms with Crippen molar-refractivity contribution < 1.29 is 9.53 Å². The molecule has 1 heterocycles. The van der Waals surface area contributed by atoms with E-state index in [2.05, 4.69) is 0 Å². The minimum absolute atomic E-state index is 0.305. The van der Waals surface area contributed by atoms with Crippen LogP contribution >= 0.6 is 11.6 Å².